The molecule has 1 fully saturated rings. The van der Waals surface area contributed by atoms with Crippen molar-refractivity contribution in [3.05, 3.63) is 84.2 Å². The largest absolute Gasteiger partial charge is 0.573 e. The Hall–Kier alpha value is -4.52. The van der Waals surface area contributed by atoms with Crippen LogP contribution >= 0.6 is 11.8 Å². The average molecular weight is 681 g/mol. The minimum absolute atomic E-state index is 0.154. The van der Waals surface area contributed by atoms with E-state index in [1.54, 1.807) is 18.9 Å². The van der Waals surface area contributed by atoms with Crippen molar-refractivity contribution in [1.82, 2.24) is 20.1 Å². The molecule has 0 saturated carbocycles. The van der Waals surface area contributed by atoms with Crippen LogP contribution in [-0.2, 0) is 6.42 Å². The number of amides is 2. The van der Waals surface area contributed by atoms with Gasteiger partial charge < -0.3 is 19.7 Å². The second-order valence-electron chi connectivity index (χ2n) is 12.1. The van der Waals surface area contributed by atoms with Crippen LogP contribution < -0.4 is 19.7 Å². The van der Waals surface area contributed by atoms with Gasteiger partial charge in [0.05, 0.1) is 18.5 Å². The van der Waals surface area contributed by atoms with Crippen molar-refractivity contribution < 1.29 is 27.4 Å². The van der Waals surface area contributed by atoms with Gasteiger partial charge in [-0.1, -0.05) is 62.9 Å². The molecule has 2 amide bonds. The van der Waals surface area contributed by atoms with Gasteiger partial charge in [-0.2, -0.15) is 4.99 Å². The van der Waals surface area contributed by atoms with Crippen LogP contribution in [0.25, 0.3) is 17.1 Å². The lowest BCUT2D eigenvalue weighted by Crippen LogP contribution is -2.43. The zero-order valence-corrected chi connectivity index (χ0v) is 28.3. The van der Waals surface area contributed by atoms with E-state index in [-0.39, 0.29) is 23.7 Å². The monoisotopic (exact) mass is 680 g/mol. The number of urea groups is 1. The summed E-state index contributed by atoms with van der Waals surface area (Å²) in [6.07, 6.45) is -1.53. The predicted molar refractivity (Wildman–Crippen MR) is 183 cm³/mol. The molecule has 0 spiro atoms. The van der Waals surface area contributed by atoms with E-state index in [2.05, 4.69) is 63.8 Å². The lowest BCUT2D eigenvalue weighted by Gasteiger charge is -2.37. The van der Waals surface area contributed by atoms with E-state index < -0.39 is 6.36 Å². The van der Waals surface area contributed by atoms with Crippen molar-refractivity contribution in [2.45, 2.75) is 58.9 Å². The Bertz CT molecular complexity index is 1720. The van der Waals surface area contributed by atoms with Gasteiger partial charge in [0.1, 0.15) is 17.8 Å². The van der Waals surface area contributed by atoms with Gasteiger partial charge >= 0.3 is 12.4 Å². The number of carbonyl (C=O) groups is 1. The summed E-state index contributed by atoms with van der Waals surface area (Å²) in [4.78, 5) is 24.1. The zero-order chi connectivity index (χ0) is 34.4. The fourth-order valence-electron chi connectivity index (χ4n) is 5.45. The van der Waals surface area contributed by atoms with E-state index in [1.165, 1.54) is 40.8 Å². The highest BCUT2D eigenvalue weighted by molar-refractivity contribution is 8.14. The number of nitrogens with one attached hydrogen (secondary N) is 1. The van der Waals surface area contributed by atoms with E-state index in [0.717, 1.165) is 41.2 Å². The Morgan fingerprint density at radius 1 is 1.06 bits per heavy atom. The number of ether oxygens (including phenoxy) is 2. The van der Waals surface area contributed by atoms with Crippen molar-refractivity contribution in [2.75, 3.05) is 24.3 Å². The second kappa shape index (κ2) is 15.1. The number of thioether (sulfide) groups is 1. The molecule has 13 heteroatoms. The van der Waals surface area contributed by atoms with Crippen molar-refractivity contribution in [2.24, 2.45) is 10.9 Å². The normalized spacial score (nSPS) is 16.6. The number of hydrogen-bond donors (Lipinski definition) is 1. The molecule has 1 saturated heterocycles. The van der Waals surface area contributed by atoms with E-state index in [4.69, 9.17) is 4.74 Å². The quantitative estimate of drug-likeness (QED) is 0.180. The minimum atomic E-state index is -4.75. The number of rotatable bonds is 10. The summed E-state index contributed by atoms with van der Waals surface area (Å²) in [5.74, 6) is 2.27. The van der Waals surface area contributed by atoms with E-state index in [1.807, 2.05) is 36.4 Å². The molecule has 3 aromatic carbocycles. The van der Waals surface area contributed by atoms with Gasteiger partial charge in [0, 0.05) is 30.0 Å². The number of carbonyl (C=O) groups excluding carboxylic acids is 1. The number of hydrogen-bond acceptors (Lipinski definition) is 6. The molecule has 1 aromatic heterocycles. The standard InChI is InChI=1S/C35H39F3N6O3S/c1-22(2)30-15-14-29(46-5)19-31(30)44-24(4)16-17-48-34(44)41-33(45)39-20-23(3)18-25-6-8-26(9-7-25)32-40-21-43(42-32)27-10-12-28(13-11-27)47-35(36,37)38/h6-15,19,21-24H,16-18,20H2,1-5H3,(H,39,45). The van der Waals surface area contributed by atoms with Crippen molar-refractivity contribution in [3.8, 4) is 28.6 Å². The maximum Gasteiger partial charge on any atom is 0.573 e. The summed E-state index contributed by atoms with van der Waals surface area (Å²) in [5.41, 5.74) is 4.63. The lowest BCUT2D eigenvalue weighted by atomic mass is 9.99. The summed E-state index contributed by atoms with van der Waals surface area (Å²) >= 11 is 1.59. The van der Waals surface area contributed by atoms with Crippen molar-refractivity contribution in [3.63, 3.8) is 0 Å². The molecule has 0 radical (unpaired) electrons. The van der Waals surface area contributed by atoms with Gasteiger partial charge in [0.15, 0.2) is 11.0 Å². The third-order valence-corrected chi connectivity index (χ3v) is 8.94. The zero-order valence-electron chi connectivity index (χ0n) is 27.5. The van der Waals surface area contributed by atoms with Crippen LogP contribution in [0.5, 0.6) is 11.5 Å². The molecule has 254 valence electrons. The number of nitrogens with zero attached hydrogens (tertiary/aromatic N) is 5. The Kier molecular flexibility index (Phi) is 11.0. The lowest BCUT2D eigenvalue weighted by molar-refractivity contribution is -0.274. The molecule has 4 aromatic rings. The smallest absolute Gasteiger partial charge is 0.497 e. The maximum atomic E-state index is 13.0. The highest BCUT2D eigenvalue weighted by atomic mass is 32.2. The van der Waals surface area contributed by atoms with Crippen LogP contribution in [0.4, 0.5) is 23.7 Å². The summed E-state index contributed by atoms with van der Waals surface area (Å²) < 4.78 is 48.3. The third kappa shape index (κ3) is 8.88. The molecule has 2 heterocycles. The second-order valence-corrected chi connectivity index (χ2v) is 13.1. The van der Waals surface area contributed by atoms with Crippen LogP contribution in [0.1, 0.15) is 51.2 Å². The molecule has 1 N–H and O–H groups in total. The van der Waals surface area contributed by atoms with E-state index >= 15 is 0 Å². The first-order valence-corrected chi connectivity index (χ1v) is 16.7. The Morgan fingerprint density at radius 2 is 1.77 bits per heavy atom. The summed E-state index contributed by atoms with van der Waals surface area (Å²) in [6, 6.07) is 19.1. The molecule has 0 bridgehead atoms. The van der Waals surface area contributed by atoms with E-state index in [0.29, 0.717) is 29.1 Å². The molecule has 9 nitrogen and oxygen atoms in total. The Morgan fingerprint density at radius 3 is 2.44 bits per heavy atom. The highest BCUT2D eigenvalue weighted by Crippen LogP contribution is 2.37. The Labute approximate surface area is 282 Å². The summed E-state index contributed by atoms with van der Waals surface area (Å²) in [5, 5.41) is 8.14. The molecule has 2 atom stereocenters. The Balaban J connectivity index is 1.18. The number of halogens is 3. The maximum absolute atomic E-state index is 13.0. The van der Waals surface area contributed by atoms with Gasteiger partial charge in [-0.3, -0.25) is 0 Å². The van der Waals surface area contributed by atoms with Crippen LogP contribution in [0.3, 0.4) is 0 Å². The number of amidine groups is 1. The number of aliphatic imine (C=N–C) groups is 1. The minimum Gasteiger partial charge on any atom is -0.497 e. The first kappa shape index (κ1) is 34.8. The van der Waals surface area contributed by atoms with Gasteiger partial charge in [0.2, 0.25) is 0 Å². The van der Waals surface area contributed by atoms with E-state index in [9.17, 15) is 18.0 Å². The molecule has 2 unspecified atom stereocenters. The highest BCUT2D eigenvalue weighted by Gasteiger charge is 2.31. The third-order valence-electron chi connectivity index (χ3n) is 7.95. The fraction of sp³-hybridized carbons (Fsp3) is 0.371. The first-order chi connectivity index (χ1) is 22.9. The average Bonchev–Trinajstić information content (AvgIpc) is 3.54. The van der Waals surface area contributed by atoms with Gasteiger partial charge in [-0.25, -0.2) is 14.5 Å². The van der Waals surface area contributed by atoms with Crippen LogP contribution in [0.2, 0.25) is 0 Å². The number of anilines is 1. The van der Waals surface area contributed by atoms with Gasteiger partial charge in [-0.05, 0) is 73.1 Å². The fourth-order valence-corrected chi connectivity index (χ4v) is 6.66. The number of aromatic nitrogens is 3. The summed E-state index contributed by atoms with van der Waals surface area (Å²) in [7, 11) is 1.65. The van der Waals surface area contributed by atoms with Crippen LogP contribution in [0, 0.1) is 5.92 Å². The first-order valence-electron chi connectivity index (χ1n) is 15.7. The topological polar surface area (TPSA) is 93.9 Å². The van der Waals surface area contributed by atoms with Crippen molar-refractivity contribution in [1.29, 1.82) is 0 Å². The predicted octanol–water partition coefficient (Wildman–Crippen LogP) is 8.24. The molecule has 0 aliphatic carbocycles. The number of alkyl halides is 3. The summed E-state index contributed by atoms with van der Waals surface area (Å²) in [6.45, 7) is 9.01. The van der Waals surface area contributed by atoms with Gasteiger partial charge in [-0.15, -0.1) is 18.3 Å². The molecular weight excluding hydrogens is 641 g/mol. The van der Waals surface area contributed by atoms with Crippen LogP contribution in [0.15, 0.2) is 78.0 Å². The molecule has 48 heavy (non-hydrogen) atoms. The van der Waals surface area contributed by atoms with Gasteiger partial charge in [0.25, 0.3) is 0 Å². The molecule has 5 rings (SSSR count). The molecule has 1 aliphatic heterocycles. The molecule has 1 aliphatic rings. The van der Waals surface area contributed by atoms with Crippen molar-refractivity contribution >= 4 is 28.6 Å². The van der Waals surface area contributed by atoms with Crippen LogP contribution in [-0.4, -0.2) is 57.8 Å². The molecular formula is C35H39F3N6O3S. The number of benzene rings is 3. The number of methoxy groups -OCH3 is 1. The SMILES string of the molecule is COc1ccc(C(C)C)c(N2C(=NC(=O)NCC(C)Cc3ccc(-c4ncn(-c5ccc(OC(F)(F)F)cc5)n4)cc3)SCCC2C)c1.